The number of nitrogens with zero attached hydrogens (tertiary/aromatic N) is 1. The van der Waals surface area contributed by atoms with Gasteiger partial charge in [-0.05, 0) is 38.8 Å². The molecule has 26 heavy (non-hydrogen) atoms. The zero-order valence-electron chi connectivity index (χ0n) is 15.2. The van der Waals surface area contributed by atoms with Crippen LogP contribution < -0.4 is 10.6 Å². The van der Waals surface area contributed by atoms with Gasteiger partial charge in [-0.25, -0.2) is 0 Å². The lowest BCUT2D eigenvalue weighted by molar-refractivity contribution is -0.137. The van der Waals surface area contributed by atoms with Gasteiger partial charge in [0.15, 0.2) is 0 Å². The van der Waals surface area contributed by atoms with Gasteiger partial charge in [-0.1, -0.05) is 18.2 Å². The summed E-state index contributed by atoms with van der Waals surface area (Å²) < 4.78 is -0.481. The van der Waals surface area contributed by atoms with E-state index < -0.39 is 10.8 Å². The molecule has 3 amide bonds. The first kappa shape index (κ1) is 18.8. The van der Waals surface area contributed by atoms with E-state index in [0.29, 0.717) is 24.4 Å². The Morgan fingerprint density at radius 2 is 1.85 bits per heavy atom. The third kappa shape index (κ3) is 4.20. The van der Waals surface area contributed by atoms with Gasteiger partial charge < -0.3 is 15.5 Å². The van der Waals surface area contributed by atoms with E-state index in [1.807, 2.05) is 32.0 Å². The highest BCUT2D eigenvalue weighted by atomic mass is 32.2. The van der Waals surface area contributed by atoms with Crippen LogP contribution in [-0.2, 0) is 9.59 Å². The molecule has 2 aliphatic rings. The summed E-state index contributed by atoms with van der Waals surface area (Å²) in [6.07, 6.45) is 1.45. The fourth-order valence-corrected chi connectivity index (χ4v) is 4.19. The molecule has 0 aromatic heterocycles. The van der Waals surface area contributed by atoms with E-state index >= 15 is 0 Å². The Morgan fingerprint density at radius 3 is 2.46 bits per heavy atom. The van der Waals surface area contributed by atoms with E-state index in [4.69, 9.17) is 0 Å². The Bertz CT molecular complexity index is 685. The molecule has 0 radical (unpaired) electrons. The lowest BCUT2D eigenvalue weighted by Crippen LogP contribution is -2.59. The zero-order chi connectivity index (χ0) is 18.7. The quantitative estimate of drug-likeness (QED) is 0.838. The predicted molar refractivity (Wildman–Crippen MR) is 102 cm³/mol. The van der Waals surface area contributed by atoms with Gasteiger partial charge in [0.2, 0.25) is 11.8 Å². The number of hydrogen-bond donors (Lipinski definition) is 2. The Kier molecular flexibility index (Phi) is 5.55. The molecule has 1 atom stereocenters. The minimum atomic E-state index is -0.481. The van der Waals surface area contributed by atoms with Crippen molar-refractivity contribution < 1.29 is 14.4 Å². The van der Waals surface area contributed by atoms with Crippen LogP contribution in [0.2, 0.25) is 0 Å². The summed E-state index contributed by atoms with van der Waals surface area (Å²) in [6, 6.07) is 8.77. The van der Waals surface area contributed by atoms with Crippen molar-refractivity contribution in [1.82, 2.24) is 15.5 Å². The molecule has 2 N–H and O–H groups in total. The first-order valence-corrected chi connectivity index (χ1v) is 9.95. The smallest absolute Gasteiger partial charge is 0.251 e. The number of hydrogen-bond acceptors (Lipinski definition) is 4. The maximum absolute atomic E-state index is 12.7. The van der Waals surface area contributed by atoms with Gasteiger partial charge in [0.1, 0.15) is 6.04 Å². The number of carbonyl (C=O) groups is 3. The first-order chi connectivity index (χ1) is 12.4. The van der Waals surface area contributed by atoms with Crippen LogP contribution in [0.15, 0.2) is 30.3 Å². The van der Waals surface area contributed by atoms with Crippen LogP contribution in [0.25, 0.3) is 0 Å². The van der Waals surface area contributed by atoms with Crippen molar-refractivity contribution in [2.75, 3.05) is 18.8 Å². The van der Waals surface area contributed by atoms with Crippen molar-refractivity contribution >= 4 is 29.5 Å². The molecule has 2 heterocycles. The van der Waals surface area contributed by atoms with Crippen LogP contribution in [0.4, 0.5) is 0 Å². The van der Waals surface area contributed by atoms with Crippen molar-refractivity contribution in [3.05, 3.63) is 35.9 Å². The van der Waals surface area contributed by atoms with E-state index in [2.05, 4.69) is 10.6 Å². The molecule has 0 spiro atoms. The molecule has 0 aliphatic carbocycles. The van der Waals surface area contributed by atoms with Crippen LogP contribution in [-0.4, -0.2) is 58.3 Å². The second kappa shape index (κ2) is 7.70. The van der Waals surface area contributed by atoms with Gasteiger partial charge in [-0.2, -0.15) is 0 Å². The maximum Gasteiger partial charge on any atom is 0.251 e. The molecule has 2 aliphatic heterocycles. The average Bonchev–Trinajstić information content (AvgIpc) is 2.65. The monoisotopic (exact) mass is 375 g/mol. The largest absolute Gasteiger partial charge is 0.349 e. The number of benzene rings is 1. The van der Waals surface area contributed by atoms with Gasteiger partial charge in [-0.15, -0.1) is 11.8 Å². The standard InChI is InChI=1S/C19H25N3O3S/c1-19(2)18(25)21-15(12-26-19)17(24)22-10-8-14(9-11-22)20-16(23)13-6-4-3-5-7-13/h3-7,14-15H,8-12H2,1-2H3,(H,20,23)(H,21,25)/t15-/m1/s1. The number of piperidine rings is 1. The van der Waals surface area contributed by atoms with Crippen molar-refractivity contribution in [2.45, 2.75) is 43.5 Å². The van der Waals surface area contributed by atoms with E-state index in [1.165, 1.54) is 11.8 Å². The molecule has 0 unspecified atom stereocenters. The molecule has 2 saturated heterocycles. The highest BCUT2D eigenvalue weighted by molar-refractivity contribution is 8.01. The normalized spacial score (nSPS) is 23.2. The summed E-state index contributed by atoms with van der Waals surface area (Å²) in [7, 11) is 0. The molecule has 1 aromatic rings. The lowest BCUT2D eigenvalue weighted by atomic mass is 10.0. The molecular formula is C19H25N3O3S. The first-order valence-electron chi connectivity index (χ1n) is 8.96. The highest BCUT2D eigenvalue weighted by Gasteiger charge is 2.39. The zero-order valence-corrected chi connectivity index (χ0v) is 16.0. The predicted octanol–water partition coefficient (Wildman–Crippen LogP) is 1.42. The van der Waals surface area contributed by atoms with Gasteiger partial charge in [-0.3, -0.25) is 14.4 Å². The summed E-state index contributed by atoms with van der Waals surface area (Å²) in [5.41, 5.74) is 0.649. The Labute approximate surface area is 158 Å². The molecule has 6 nitrogen and oxygen atoms in total. The van der Waals surface area contributed by atoms with Gasteiger partial charge >= 0.3 is 0 Å². The fourth-order valence-electron chi connectivity index (χ4n) is 3.19. The number of amides is 3. The Balaban J connectivity index is 1.48. The molecule has 0 bridgehead atoms. The molecular weight excluding hydrogens is 350 g/mol. The van der Waals surface area contributed by atoms with Crippen LogP contribution in [0, 0.1) is 0 Å². The van der Waals surface area contributed by atoms with Crippen molar-refractivity contribution in [3.63, 3.8) is 0 Å². The number of rotatable bonds is 3. The Morgan fingerprint density at radius 1 is 1.19 bits per heavy atom. The van der Waals surface area contributed by atoms with Gasteiger partial charge in [0.05, 0.1) is 4.75 Å². The second-order valence-corrected chi connectivity index (χ2v) is 8.93. The van der Waals surface area contributed by atoms with Crippen LogP contribution >= 0.6 is 11.8 Å². The van der Waals surface area contributed by atoms with Gasteiger partial charge in [0.25, 0.3) is 5.91 Å². The third-order valence-corrected chi connectivity index (χ3v) is 6.35. The van der Waals surface area contributed by atoms with Gasteiger partial charge in [0, 0.05) is 30.4 Å². The molecule has 0 saturated carbocycles. The maximum atomic E-state index is 12.7. The topological polar surface area (TPSA) is 78.5 Å². The highest BCUT2D eigenvalue weighted by Crippen LogP contribution is 2.29. The SMILES string of the molecule is CC1(C)SC[C@H](C(=O)N2CCC(NC(=O)c3ccccc3)CC2)NC1=O. The summed E-state index contributed by atoms with van der Waals surface area (Å²) in [4.78, 5) is 38.8. The summed E-state index contributed by atoms with van der Waals surface area (Å²) in [5, 5.41) is 5.89. The molecule has 2 fully saturated rings. The van der Waals surface area contributed by atoms with E-state index in [0.717, 1.165) is 12.8 Å². The van der Waals surface area contributed by atoms with E-state index in [9.17, 15) is 14.4 Å². The minimum absolute atomic E-state index is 0.0193. The molecule has 3 rings (SSSR count). The van der Waals surface area contributed by atoms with Crippen molar-refractivity contribution in [2.24, 2.45) is 0 Å². The second-order valence-electron chi connectivity index (χ2n) is 7.29. The third-order valence-electron chi connectivity index (χ3n) is 4.94. The summed E-state index contributed by atoms with van der Waals surface area (Å²) >= 11 is 1.52. The van der Waals surface area contributed by atoms with Crippen LogP contribution in [0.3, 0.4) is 0 Å². The number of carbonyl (C=O) groups excluding carboxylic acids is 3. The molecule has 140 valence electrons. The molecule has 7 heteroatoms. The van der Waals surface area contributed by atoms with E-state index in [-0.39, 0.29) is 23.8 Å². The number of thioether (sulfide) groups is 1. The average molecular weight is 375 g/mol. The molecule has 1 aromatic carbocycles. The summed E-state index contributed by atoms with van der Waals surface area (Å²) in [5.74, 6) is 0.419. The number of likely N-dealkylation sites (tertiary alicyclic amines) is 1. The fraction of sp³-hybridized carbons (Fsp3) is 0.526. The van der Waals surface area contributed by atoms with E-state index in [1.54, 1.807) is 17.0 Å². The summed E-state index contributed by atoms with van der Waals surface area (Å²) in [6.45, 7) is 4.93. The van der Waals surface area contributed by atoms with Crippen molar-refractivity contribution in [1.29, 1.82) is 0 Å². The van der Waals surface area contributed by atoms with Crippen LogP contribution in [0.1, 0.15) is 37.0 Å². The van der Waals surface area contributed by atoms with Crippen molar-refractivity contribution in [3.8, 4) is 0 Å². The lowest BCUT2D eigenvalue weighted by Gasteiger charge is -2.38. The Hall–Kier alpha value is -2.02. The number of nitrogens with one attached hydrogen (secondary N) is 2. The minimum Gasteiger partial charge on any atom is -0.349 e. The van der Waals surface area contributed by atoms with Crippen LogP contribution in [0.5, 0.6) is 0 Å².